The molecule has 1 aromatic rings. The molecule has 1 saturated carbocycles. The standard InChI is InChI=1S/C20H32N2O2/c1-14-7-9-15(10-8-14)16-11-12-17(18(13-16)22(5)6)21-19(23)24-20(2,3)4/h7-10,16-18H,11-13H2,1-6H3,(H,21,23)/t16-,17-,18-/m0/s1. The molecule has 24 heavy (non-hydrogen) atoms. The maximum Gasteiger partial charge on any atom is 0.407 e. The van der Waals surface area contributed by atoms with Crippen LogP contribution in [0.3, 0.4) is 0 Å². The fraction of sp³-hybridized carbons (Fsp3) is 0.650. The third kappa shape index (κ3) is 5.23. The second kappa shape index (κ2) is 7.56. The molecule has 4 nitrogen and oxygen atoms in total. The molecule has 0 heterocycles. The van der Waals surface area contributed by atoms with Crippen molar-refractivity contribution in [1.29, 1.82) is 0 Å². The summed E-state index contributed by atoms with van der Waals surface area (Å²) in [4.78, 5) is 14.4. The molecular weight excluding hydrogens is 300 g/mol. The van der Waals surface area contributed by atoms with Gasteiger partial charge in [0.1, 0.15) is 5.60 Å². The summed E-state index contributed by atoms with van der Waals surface area (Å²) in [5, 5.41) is 3.09. The Kier molecular flexibility index (Phi) is 5.92. The van der Waals surface area contributed by atoms with E-state index >= 15 is 0 Å². The van der Waals surface area contributed by atoms with Crippen LogP contribution in [0.15, 0.2) is 24.3 Å². The average Bonchev–Trinajstić information content (AvgIpc) is 2.46. The van der Waals surface area contributed by atoms with Crippen molar-refractivity contribution in [2.24, 2.45) is 0 Å². The minimum absolute atomic E-state index is 0.136. The van der Waals surface area contributed by atoms with Gasteiger partial charge in [-0.1, -0.05) is 29.8 Å². The van der Waals surface area contributed by atoms with Crippen LogP contribution in [0, 0.1) is 6.92 Å². The summed E-state index contributed by atoms with van der Waals surface area (Å²) in [7, 11) is 4.18. The zero-order chi connectivity index (χ0) is 17.9. The molecule has 0 bridgehead atoms. The Morgan fingerprint density at radius 2 is 1.79 bits per heavy atom. The number of hydrogen-bond acceptors (Lipinski definition) is 3. The number of hydrogen-bond donors (Lipinski definition) is 1. The van der Waals surface area contributed by atoms with E-state index in [0.29, 0.717) is 12.0 Å². The fourth-order valence-corrected chi connectivity index (χ4v) is 3.49. The molecule has 0 saturated heterocycles. The minimum atomic E-state index is -0.462. The van der Waals surface area contributed by atoms with Gasteiger partial charge < -0.3 is 15.0 Å². The molecular formula is C20H32N2O2. The van der Waals surface area contributed by atoms with Gasteiger partial charge in [0.25, 0.3) is 0 Å². The highest BCUT2D eigenvalue weighted by atomic mass is 16.6. The second-order valence-electron chi connectivity index (χ2n) is 8.20. The molecule has 1 aliphatic carbocycles. The van der Waals surface area contributed by atoms with Crippen LogP contribution in [0.1, 0.15) is 57.1 Å². The van der Waals surface area contributed by atoms with Crippen LogP contribution in [0.2, 0.25) is 0 Å². The number of alkyl carbamates (subject to hydrolysis) is 1. The normalized spacial score (nSPS) is 24.7. The molecule has 134 valence electrons. The third-order valence-corrected chi connectivity index (χ3v) is 4.73. The van der Waals surface area contributed by atoms with E-state index in [1.54, 1.807) is 0 Å². The summed E-state index contributed by atoms with van der Waals surface area (Å²) in [6, 6.07) is 9.31. The number of nitrogens with zero attached hydrogens (tertiary/aromatic N) is 1. The highest BCUT2D eigenvalue weighted by Gasteiger charge is 2.34. The lowest BCUT2D eigenvalue weighted by molar-refractivity contribution is 0.0445. The maximum atomic E-state index is 12.1. The number of nitrogens with one attached hydrogen (secondary N) is 1. The number of ether oxygens (including phenoxy) is 1. The molecule has 3 atom stereocenters. The number of amides is 1. The number of aryl methyl sites for hydroxylation is 1. The Hall–Kier alpha value is -1.55. The molecule has 4 heteroatoms. The SMILES string of the molecule is Cc1ccc([C@H]2CC[C@H](NC(=O)OC(C)(C)C)[C@@H](N(C)C)C2)cc1. The van der Waals surface area contributed by atoms with Gasteiger partial charge >= 0.3 is 6.09 Å². The van der Waals surface area contributed by atoms with Crippen LogP contribution in [0.25, 0.3) is 0 Å². The Morgan fingerprint density at radius 1 is 1.17 bits per heavy atom. The van der Waals surface area contributed by atoms with Crippen molar-refractivity contribution in [2.75, 3.05) is 14.1 Å². The van der Waals surface area contributed by atoms with Gasteiger partial charge in [-0.3, -0.25) is 0 Å². The molecule has 0 radical (unpaired) electrons. The van der Waals surface area contributed by atoms with Crippen molar-refractivity contribution < 1.29 is 9.53 Å². The lowest BCUT2D eigenvalue weighted by atomic mass is 9.78. The van der Waals surface area contributed by atoms with Gasteiger partial charge in [0.05, 0.1) is 0 Å². The number of carbonyl (C=O) groups excluding carboxylic acids is 1. The monoisotopic (exact) mass is 332 g/mol. The van der Waals surface area contributed by atoms with E-state index in [4.69, 9.17) is 4.74 Å². The largest absolute Gasteiger partial charge is 0.444 e. The first-order chi connectivity index (χ1) is 11.2. The van der Waals surface area contributed by atoms with Gasteiger partial charge in [-0.2, -0.15) is 0 Å². The Labute approximate surface area is 146 Å². The fourth-order valence-electron chi connectivity index (χ4n) is 3.49. The van der Waals surface area contributed by atoms with Crippen molar-refractivity contribution in [2.45, 2.75) is 70.6 Å². The highest BCUT2D eigenvalue weighted by Crippen LogP contribution is 2.35. The minimum Gasteiger partial charge on any atom is -0.444 e. The summed E-state index contributed by atoms with van der Waals surface area (Å²) in [6.45, 7) is 7.80. The average molecular weight is 332 g/mol. The van der Waals surface area contributed by atoms with E-state index in [2.05, 4.69) is 55.5 Å². The van der Waals surface area contributed by atoms with Crippen molar-refractivity contribution in [3.8, 4) is 0 Å². The van der Waals surface area contributed by atoms with Gasteiger partial charge in [0.15, 0.2) is 0 Å². The number of likely N-dealkylation sites (N-methyl/N-ethyl adjacent to an activating group) is 1. The summed E-state index contributed by atoms with van der Waals surface area (Å²) in [5.41, 5.74) is 2.24. The van der Waals surface area contributed by atoms with Crippen LogP contribution in [-0.2, 0) is 4.74 Å². The first-order valence-corrected chi connectivity index (χ1v) is 8.88. The smallest absolute Gasteiger partial charge is 0.407 e. The molecule has 2 rings (SSSR count). The van der Waals surface area contributed by atoms with Crippen LogP contribution in [-0.4, -0.2) is 42.8 Å². The van der Waals surface area contributed by atoms with Crippen molar-refractivity contribution >= 4 is 6.09 Å². The first-order valence-electron chi connectivity index (χ1n) is 8.88. The van der Waals surface area contributed by atoms with E-state index in [9.17, 15) is 4.79 Å². The van der Waals surface area contributed by atoms with E-state index in [1.165, 1.54) is 11.1 Å². The molecule has 0 aromatic heterocycles. The zero-order valence-corrected chi connectivity index (χ0v) is 15.9. The van der Waals surface area contributed by atoms with Crippen molar-refractivity contribution in [3.05, 3.63) is 35.4 Å². The first kappa shape index (κ1) is 18.8. The van der Waals surface area contributed by atoms with Gasteiger partial charge in [-0.25, -0.2) is 4.79 Å². The van der Waals surface area contributed by atoms with Gasteiger partial charge in [-0.15, -0.1) is 0 Å². The molecule has 1 aromatic carbocycles. The van der Waals surface area contributed by atoms with Crippen molar-refractivity contribution in [3.63, 3.8) is 0 Å². The summed E-state index contributed by atoms with van der Waals surface area (Å²) in [6.07, 6.45) is 2.80. The molecule has 1 amide bonds. The van der Waals surface area contributed by atoms with Gasteiger partial charge in [0.2, 0.25) is 0 Å². The lowest BCUT2D eigenvalue weighted by Crippen LogP contribution is -2.53. The van der Waals surface area contributed by atoms with Crippen LogP contribution in [0.4, 0.5) is 4.79 Å². The Morgan fingerprint density at radius 3 is 2.33 bits per heavy atom. The number of benzene rings is 1. The topological polar surface area (TPSA) is 41.6 Å². The second-order valence-corrected chi connectivity index (χ2v) is 8.20. The van der Waals surface area contributed by atoms with Crippen LogP contribution >= 0.6 is 0 Å². The molecule has 0 spiro atoms. The predicted molar refractivity (Wildman–Crippen MR) is 98.4 cm³/mol. The van der Waals surface area contributed by atoms with E-state index in [-0.39, 0.29) is 12.1 Å². The quantitative estimate of drug-likeness (QED) is 0.906. The third-order valence-electron chi connectivity index (χ3n) is 4.73. The molecule has 1 fully saturated rings. The molecule has 0 unspecified atom stereocenters. The molecule has 1 N–H and O–H groups in total. The molecule has 0 aliphatic heterocycles. The van der Waals surface area contributed by atoms with E-state index in [1.807, 2.05) is 20.8 Å². The highest BCUT2D eigenvalue weighted by molar-refractivity contribution is 5.68. The van der Waals surface area contributed by atoms with E-state index < -0.39 is 5.60 Å². The number of carbonyl (C=O) groups is 1. The number of rotatable bonds is 3. The van der Waals surface area contributed by atoms with E-state index in [0.717, 1.165) is 19.3 Å². The van der Waals surface area contributed by atoms with Crippen LogP contribution in [0.5, 0.6) is 0 Å². The predicted octanol–water partition coefficient (Wildman–Crippen LogP) is 4.09. The summed E-state index contributed by atoms with van der Waals surface area (Å²) in [5.74, 6) is 0.551. The zero-order valence-electron chi connectivity index (χ0n) is 15.9. The maximum absolute atomic E-state index is 12.1. The lowest BCUT2D eigenvalue weighted by Gasteiger charge is -2.40. The van der Waals surface area contributed by atoms with Gasteiger partial charge in [-0.05, 0) is 72.5 Å². The van der Waals surface area contributed by atoms with Crippen molar-refractivity contribution in [1.82, 2.24) is 10.2 Å². The summed E-state index contributed by atoms with van der Waals surface area (Å²) >= 11 is 0. The van der Waals surface area contributed by atoms with Gasteiger partial charge in [0, 0.05) is 12.1 Å². The summed E-state index contributed by atoms with van der Waals surface area (Å²) < 4.78 is 5.42. The van der Waals surface area contributed by atoms with Crippen LogP contribution < -0.4 is 5.32 Å². The molecule has 1 aliphatic rings. The Balaban J connectivity index is 2.03. The Bertz CT molecular complexity index is 546.